The number of carbonyl (C=O) groups excluding carboxylic acids is 3. The summed E-state index contributed by atoms with van der Waals surface area (Å²) in [6.45, 7) is 6.61. The highest BCUT2D eigenvalue weighted by Gasteiger charge is 2.19. The third-order valence-electron chi connectivity index (χ3n) is 3.66. The summed E-state index contributed by atoms with van der Waals surface area (Å²) in [5.74, 6) is -0.448. The number of hydrogen-bond acceptors (Lipinski definition) is 4. The summed E-state index contributed by atoms with van der Waals surface area (Å²) >= 11 is 0. The van der Waals surface area contributed by atoms with Gasteiger partial charge < -0.3 is 10.6 Å². The van der Waals surface area contributed by atoms with Crippen LogP contribution in [0, 0.1) is 0 Å². The van der Waals surface area contributed by atoms with Gasteiger partial charge >= 0.3 is 0 Å². The fourth-order valence-corrected chi connectivity index (χ4v) is 2.32. The van der Waals surface area contributed by atoms with Crippen LogP contribution in [0.25, 0.3) is 0 Å². The monoisotopic (exact) mass is 333 g/mol. The van der Waals surface area contributed by atoms with Crippen molar-refractivity contribution in [2.24, 2.45) is 0 Å². The minimum absolute atomic E-state index is 0.0843. The van der Waals surface area contributed by atoms with Crippen molar-refractivity contribution >= 4 is 17.6 Å². The molecule has 0 aromatic heterocycles. The number of nitrogens with zero attached hydrogens (tertiary/aromatic N) is 1. The lowest BCUT2D eigenvalue weighted by Gasteiger charge is -2.21. The predicted molar refractivity (Wildman–Crippen MR) is 93.6 cm³/mol. The molecule has 0 radical (unpaired) electrons. The zero-order chi connectivity index (χ0) is 17.9. The van der Waals surface area contributed by atoms with E-state index in [2.05, 4.69) is 10.6 Å². The van der Waals surface area contributed by atoms with E-state index in [0.717, 1.165) is 5.56 Å². The fourth-order valence-electron chi connectivity index (χ4n) is 2.32. The molecular formula is C18H27N3O3. The lowest BCUT2D eigenvalue weighted by molar-refractivity contribution is -0.128. The molecule has 0 unspecified atom stereocenters. The summed E-state index contributed by atoms with van der Waals surface area (Å²) in [6.07, 6.45) is 0.463. The number of benzene rings is 1. The summed E-state index contributed by atoms with van der Waals surface area (Å²) < 4.78 is 0. The zero-order valence-corrected chi connectivity index (χ0v) is 14.7. The van der Waals surface area contributed by atoms with Crippen LogP contribution in [0.5, 0.6) is 0 Å². The van der Waals surface area contributed by atoms with Crippen LogP contribution in [0.2, 0.25) is 0 Å². The molecule has 24 heavy (non-hydrogen) atoms. The van der Waals surface area contributed by atoms with E-state index in [4.69, 9.17) is 0 Å². The molecule has 0 heterocycles. The maximum atomic E-state index is 12.2. The molecule has 0 spiro atoms. The van der Waals surface area contributed by atoms with Crippen LogP contribution < -0.4 is 10.6 Å². The predicted octanol–water partition coefficient (Wildman–Crippen LogP) is 0.761. The Labute approximate surface area is 143 Å². The molecule has 2 N–H and O–H groups in total. The maximum Gasteiger partial charge on any atom is 0.234 e. The number of Topliss-reactive ketones (excluding diaryl/α,β-unsaturated/α-hetero) is 1. The van der Waals surface area contributed by atoms with Crippen molar-refractivity contribution in [3.05, 3.63) is 35.9 Å². The zero-order valence-electron chi connectivity index (χ0n) is 14.7. The Morgan fingerprint density at radius 3 is 2.21 bits per heavy atom. The average molecular weight is 333 g/mol. The van der Waals surface area contributed by atoms with Gasteiger partial charge in [0.2, 0.25) is 11.8 Å². The number of ketones is 1. The summed E-state index contributed by atoms with van der Waals surface area (Å²) in [5.41, 5.74) is 0.993. The number of carbonyl (C=O) groups is 3. The SMILES string of the molecule is CCNC(=O)CN(CC)CC(=O)N[C@H](Cc1ccccc1)C(C)=O. The van der Waals surface area contributed by atoms with Crippen LogP contribution in [0.15, 0.2) is 30.3 Å². The molecule has 6 heteroatoms. The van der Waals surface area contributed by atoms with Crippen LogP contribution >= 0.6 is 0 Å². The summed E-state index contributed by atoms with van der Waals surface area (Å²) in [6, 6.07) is 9.01. The molecule has 6 nitrogen and oxygen atoms in total. The van der Waals surface area contributed by atoms with Crippen molar-refractivity contribution in [3.63, 3.8) is 0 Å². The molecule has 1 atom stereocenters. The Morgan fingerprint density at radius 1 is 1.04 bits per heavy atom. The normalized spacial score (nSPS) is 11.8. The van der Waals surface area contributed by atoms with Gasteiger partial charge in [-0.2, -0.15) is 0 Å². The van der Waals surface area contributed by atoms with Gasteiger partial charge in [-0.25, -0.2) is 0 Å². The molecule has 0 aliphatic heterocycles. The largest absolute Gasteiger partial charge is 0.355 e. The molecule has 2 amide bonds. The van der Waals surface area contributed by atoms with Gasteiger partial charge in [-0.05, 0) is 32.4 Å². The van der Waals surface area contributed by atoms with E-state index in [1.54, 1.807) is 4.90 Å². The van der Waals surface area contributed by atoms with Crippen molar-refractivity contribution in [2.75, 3.05) is 26.2 Å². The molecule has 0 aliphatic rings. The molecule has 132 valence electrons. The maximum absolute atomic E-state index is 12.2. The Hall–Kier alpha value is -2.21. The Kier molecular flexibility index (Phi) is 8.71. The molecular weight excluding hydrogens is 306 g/mol. The second-order valence-electron chi connectivity index (χ2n) is 5.68. The minimum atomic E-state index is -0.553. The average Bonchev–Trinajstić information content (AvgIpc) is 2.54. The first kappa shape index (κ1) is 19.8. The molecule has 0 fully saturated rings. The highest BCUT2D eigenvalue weighted by atomic mass is 16.2. The Balaban J connectivity index is 2.58. The van der Waals surface area contributed by atoms with Crippen LogP contribution in [0.1, 0.15) is 26.3 Å². The van der Waals surface area contributed by atoms with Crippen molar-refractivity contribution in [1.82, 2.24) is 15.5 Å². The van der Waals surface area contributed by atoms with Crippen molar-refractivity contribution in [1.29, 1.82) is 0 Å². The van der Waals surface area contributed by atoms with Crippen molar-refractivity contribution in [2.45, 2.75) is 33.2 Å². The Bertz CT molecular complexity index is 546. The van der Waals surface area contributed by atoms with Gasteiger partial charge in [0.25, 0.3) is 0 Å². The van der Waals surface area contributed by atoms with Gasteiger partial charge in [-0.3, -0.25) is 19.3 Å². The first-order valence-corrected chi connectivity index (χ1v) is 8.29. The quantitative estimate of drug-likeness (QED) is 0.663. The van der Waals surface area contributed by atoms with Crippen LogP contribution in [-0.4, -0.2) is 54.7 Å². The van der Waals surface area contributed by atoms with Gasteiger partial charge in [-0.15, -0.1) is 0 Å². The van der Waals surface area contributed by atoms with E-state index in [-0.39, 0.29) is 30.7 Å². The van der Waals surface area contributed by atoms with Gasteiger partial charge in [-0.1, -0.05) is 37.3 Å². The second-order valence-corrected chi connectivity index (χ2v) is 5.68. The number of nitrogens with one attached hydrogen (secondary N) is 2. The van der Waals surface area contributed by atoms with E-state index >= 15 is 0 Å². The Morgan fingerprint density at radius 2 is 1.67 bits per heavy atom. The topological polar surface area (TPSA) is 78.5 Å². The van der Waals surface area contributed by atoms with Gasteiger partial charge in [0.1, 0.15) is 0 Å². The third-order valence-corrected chi connectivity index (χ3v) is 3.66. The van der Waals surface area contributed by atoms with Crippen LogP contribution in [-0.2, 0) is 20.8 Å². The smallest absolute Gasteiger partial charge is 0.234 e. The molecule has 0 aliphatic carbocycles. The summed E-state index contributed by atoms with van der Waals surface area (Å²) in [5, 5.41) is 5.48. The van der Waals surface area contributed by atoms with Crippen molar-refractivity contribution in [3.8, 4) is 0 Å². The number of rotatable bonds is 10. The molecule has 0 saturated carbocycles. The lowest BCUT2D eigenvalue weighted by Crippen LogP contribution is -2.47. The van der Waals surface area contributed by atoms with Gasteiger partial charge in [0.15, 0.2) is 5.78 Å². The summed E-state index contributed by atoms with van der Waals surface area (Å²) in [4.78, 5) is 37.4. The van der Waals surface area contributed by atoms with E-state index in [0.29, 0.717) is 19.5 Å². The van der Waals surface area contributed by atoms with Gasteiger partial charge in [0.05, 0.1) is 19.1 Å². The lowest BCUT2D eigenvalue weighted by atomic mass is 10.0. The molecule has 1 aromatic carbocycles. The van der Waals surface area contributed by atoms with E-state index in [9.17, 15) is 14.4 Å². The molecule has 0 saturated heterocycles. The van der Waals surface area contributed by atoms with E-state index < -0.39 is 6.04 Å². The number of likely N-dealkylation sites (N-methyl/N-ethyl adjacent to an activating group) is 2. The first-order chi connectivity index (χ1) is 11.5. The number of hydrogen-bond donors (Lipinski definition) is 2. The van der Waals surface area contributed by atoms with Crippen molar-refractivity contribution < 1.29 is 14.4 Å². The molecule has 1 aromatic rings. The molecule has 1 rings (SSSR count). The highest BCUT2D eigenvalue weighted by Crippen LogP contribution is 2.04. The summed E-state index contributed by atoms with van der Waals surface area (Å²) in [7, 11) is 0. The number of amides is 2. The first-order valence-electron chi connectivity index (χ1n) is 8.29. The highest BCUT2D eigenvalue weighted by molar-refractivity contribution is 5.88. The fraction of sp³-hybridized carbons (Fsp3) is 0.500. The van der Waals surface area contributed by atoms with Crippen LogP contribution in [0.3, 0.4) is 0 Å². The minimum Gasteiger partial charge on any atom is -0.355 e. The third kappa shape index (κ3) is 7.37. The van der Waals surface area contributed by atoms with Crippen LogP contribution in [0.4, 0.5) is 0 Å². The standard InChI is InChI=1S/C18H27N3O3/c1-4-19-17(23)12-21(5-2)13-18(24)20-16(14(3)22)11-15-9-7-6-8-10-15/h6-10,16H,4-5,11-13H2,1-3H3,(H,19,23)(H,20,24)/t16-/m1/s1. The van der Waals surface area contributed by atoms with Gasteiger partial charge in [0, 0.05) is 6.54 Å². The second kappa shape index (κ2) is 10.5. The molecule has 0 bridgehead atoms. The van der Waals surface area contributed by atoms with E-state index in [1.165, 1.54) is 6.92 Å². The van der Waals surface area contributed by atoms with E-state index in [1.807, 2.05) is 44.2 Å².